The first-order chi connectivity index (χ1) is 12.6. The molecule has 0 saturated heterocycles. The molecule has 0 fully saturated rings. The molecule has 3 rings (SSSR count). The van der Waals surface area contributed by atoms with Crippen LogP contribution in [0, 0.1) is 0 Å². The lowest BCUT2D eigenvalue weighted by atomic mass is 10.0. The van der Waals surface area contributed by atoms with Crippen molar-refractivity contribution < 1.29 is 9.90 Å². The first-order valence-corrected chi connectivity index (χ1v) is 8.45. The lowest BCUT2D eigenvalue weighted by molar-refractivity contribution is -0.120. The van der Waals surface area contributed by atoms with Crippen molar-refractivity contribution >= 4 is 23.2 Å². The van der Waals surface area contributed by atoms with Crippen molar-refractivity contribution in [1.82, 2.24) is 5.43 Å². The van der Waals surface area contributed by atoms with Gasteiger partial charge < -0.3 is 5.11 Å². The number of carbonyl (C=O) groups excluding carboxylic acids is 1. The molecule has 1 amide bonds. The number of amides is 1. The largest absolute Gasteiger partial charge is 0.508 e. The second kappa shape index (κ2) is 8.32. The molecule has 3 aromatic rings. The van der Waals surface area contributed by atoms with E-state index in [4.69, 9.17) is 11.6 Å². The van der Waals surface area contributed by atoms with Crippen molar-refractivity contribution in [2.75, 3.05) is 0 Å². The monoisotopic (exact) mass is 364 g/mol. The molecule has 0 aromatic heterocycles. The minimum absolute atomic E-state index is 0.164. The summed E-state index contributed by atoms with van der Waals surface area (Å²) in [6.07, 6.45) is 0.244. The van der Waals surface area contributed by atoms with E-state index in [2.05, 4.69) is 10.5 Å². The molecule has 5 heteroatoms. The maximum atomic E-state index is 12.2. The van der Waals surface area contributed by atoms with Crippen LogP contribution in [0.15, 0.2) is 84.0 Å². The van der Waals surface area contributed by atoms with Gasteiger partial charge in [0.05, 0.1) is 12.1 Å². The third kappa shape index (κ3) is 4.71. The Morgan fingerprint density at radius 1 is 0.885 bits per heavy atom. The number of benzene rings is 3. The van der Waals surface area contributed by atoms with E-state index in [0.717, 1.165) is 16.7 Å². The fourth-order valence-corrected chi connectivity index (χ4v) is 2.59. The molecule has 0 spiro atoms. The van der Waals surface area contributed by atoms with E-state index < -0.39 is 0 Å². The van der Waals surface area contributed by atoms with Gasteiger partial charge in [-0.1, -0.05) is 54.1 Å². The summed E-state index contributed by atoms with van der Waals surface area (Å²) in [5.41, 5.74) is 5.69. The van der Waals surface area contributed by atoms with Crippen LogP contribution in [0.25, 0.3) is 0 Å². The van der Waals surface area contributed by atoms with Crippen LogP contribution in [-0.2, 0) is 11.2 Å². The molecule has 0 aliphatic heterocycles. The number of hydrogen-bond donors (Lipinski definition) is 2. The number of nitrogens with zero attached hydrogens (tertiary/aromatic N) is 1. The zero-order valence-electron chi connectivity index (χ0n) is 13.9. The number of nitrogens with one attached hydrogen (secondary N) is 1. The molecule has 130 valence electrons. The number of carbonyl (C=O) groups is 1. The summed E-state index contributed by atoms with van der Waals surface area (Å²) in [5, 5.41) is 14.4. The van der Waals surface area contributed by atoms with E-state index in [1.54, 1.807) is 36.4 Å². The number of phenolic OH excluding ortho intramolecular Hbond substituents is 1. The van der Waals surface area contributed by atoms with Crippen molar-refractivity contribution in [2.45, 2.75) is 6.42 Å². The van der Waals surface area contributed by atoms with E-state index in [9.17, 15) is 9.90 Å². The highest BCUT2D eigenvalue weighted by Crippen LogP contribution is 2.17. The Morgan fingerprint density at radius 3 is 2.08 bits per heavy atom. The summed E-state index contributed by atoms with van der Waals surface area (Å²) in [4.78, 5) is 12.2. The van der Waals surface area contributed by atoms with Crippen LogP contribution < -0.4 is 5.43 Å². The summed E-state index contributed by atoms with van der Waals surface area (Å²) < 4.78 is 0. The molecule has 26 heavy (non-hydrogen) atoms. The molecule has 0 bridgehead atoms. The Labute approximate surface area is 156 Å². The quantitative estimate of drug-likeness (QED) is 0.527. The second-order valence-electron chi connectivity index (χ2n) is 5.71. The fraction of sp³-hybridized carbons (Fsp3) is 0.0476. The average Bonchev–Trinajstić information content (AvgIpc) is 2.65. The van der Waals surface area contributed by atoms with Gasteiger partial charge in [0.2, 0.25) is 5.91 Å². The third-order valence-corrected chi connectivity index (χ3v) is 4.01. The molecule has 0 heterocycles. The molecule has 0 saturated carbocycles. The predicted molar refractivity (Wildman–Crippen MR) is 103 cm³/mol. The Balaban J connectivity index is 1.85. The predicted octanol–water partition coefficient (Wildman–Crippen LogP) is 4.16. The van der Waals surface area contributed by atoms with E-state index in [1.165, 1.54) is 0 Å². The van der Waals surface area contributed by atoms with Crippen LogP contribution in [0.5, 0.6) is 5.75 Å². The van der Waals surface area contributed by atoms with E-state index in [0.29, 0.717) is 10.7 Å². The van der Waals surface area contributed by atoms with Gasteiger partial charge in [0, 0.05) is 16.1 Å². The van der Waals surface area contributed by atoms with Gasteiger partial charge in [-0.25, -0.2) is 5.43 Å². The highest BCUT2D eigenvalue weighted by Gasteiger charge is 2.09. The molecule has 0 radical (unpaired) electrons. The van der Waals surface area contributed by atoms with Crippen LogP contribution >= 0.6 is 11.6 Å². The lowest BCUT2D eigenvalue weighted by Crippen LogP contribution is -2.22. The molecule has 0 aliphatic rings. The first kappa shape index (κ1) is 17.7. The smallest absolute Gasteiger partial charge is 0.244 e. The van der Waals surface area contributed by atoms with Gasteiger partial charge in [0.25, 0.3) is 0 Å². The minimum Gasteiger partial charge on any atom is -0.508 e. The molecule has 0 aliphatic carbocycles. The minimum atomic E-state index is -0.207. The molecule has 2 N–H and O–H groups in total. The molecule has 4 nitrogen and oxygen atoms in total. The summed E-state index contributed by atoms with van der Waals surface area (Å²) in [6, 6.07) is 23.3. The van der Waals surface area contributed by atoms with Crippen molar-refractivity contribution in [3.8, 4) is 5.75 Å². The molecule has 0 unspecified atom stereocenters. The molecular formula is C21H17ClN2O2. The van der Waals surface area contributed by atoms with Crippen molar-refractivity contribution in [1.29, 1.82) is 0 Å². The van der Waals surface area contributed by atoms with Crippen molar-refractivity contribution in [3.05, 3.63) is 101 Å². The maximum absolute atomic E-state index is 12.2. The summed E-state index contributed by atoms with van der Waals surface area (Å²) in [5.74, 6) is -0.0428. The van der Waals surface area contributed by atoms with E-state index in [1.807, 2.05) is 42.5 Å². The SMILES string of the molecule is O=C(Cc1ccccc1)N/N=C(/c1ccc(O)cc1)c1ccc(Cl)cc1. The Kier molecular flexibility index (Phi) is 5.66. The van der Waals surface area contributed by atoms with Crippen LogP contribution in [0.4, 0.5) is 0 Å². The summed E-state index contributed by atoms with van der Waals surface area (Å²) in [6.45, 7) is 0. The number of rotatable bonds is 5. The van der Waals surface area contributed by atoms with Crippen molar-refractivity contribution in [3.63, 3.8) is 0 Å². The Bertz CT molecular complexity index is 858. The number of phenols is 1. The van der Waals surface area contributed by atoms with Crippen LogP contribution in [-0.4, -0.2) is 16.7 Å². The number of halogens is 1. The molecule has 3 aromatic carbocycles. The Morgan fingerprint density at radius 2 is 1.46 bits per heavy atom. The van der Waals surface area contributed by atoms with E-state index in [-0.39, 0.29) is 18.1 Å². The summed E-state index contributed by atoms with van der Waals surface area (Å²) in [7, 11) is 0. The van der Waals surface area contributed by atoms with Crippen LogP contribution in [0.2, 0.25) is 5.02 Å². The third-order valence-electron chi connectivity index (χ3n) is 3.76. The maximum Gasteiger partial charge on any atom is 0.244 e. The average molecular weight is 365 g/mol. The second-order valence-corrected chi connectivity index (χ2v) is 6.15. The standard InChI is InChI=1S/C21H17ClN2O2/c22-18-10-6-16(7-11-18)21(17-8-12-19(25)13-9-17)24-23-20(26)14-15-4-2-1-3-5-15/h1-13,25H,14H2,(H,23,26)/b24-21+. The van der Waals surface area contributed by atoms with Gasteiger partial charge in [-0.05, 0) is 42.0 Å². The fourth-order valence-electron chi connectivity index (χ4n) is 2.46. The zero-order chi connectivity index (χ0) is 18.4. The van der Waals surface area contributed by atoms with Gasteiger partial charge in [0.1, 0.15) is 5.75 Å². The summed E-state index contributed by atoms with van der Waals surface area (Å²) >= 11 is 5.96. The number of hydrazone groups is 1. The first-order valence-electron chi connectivity index (χ1n) is 8.07. The zero-order valence-corrected chi connectivity index (χ0v) is 14.6. The van der Waals surface area contributed by atoms with Gasteiger partial charge in [-0.2, -0.15) is 5.10 Å². The number of aromatic hydroxyl groups is 1. The van der Waals surface area contributed by atoms with Gasteiger partial charge in [-0.3, -0.25) is 4.79 Å². The molecular weight excluding hydrogens is 348 g/mol. The number of hydrogen-bond acceptors (Lipinski definition) is 3. The lowest BCUT2D eigenvalue weighted by Gasteiger charge is -2.09. The van der Waals surface area contributed by atoms with Gasteiger partial charge in [0.15, 0.2) is 0 Å². The highest BCUT2D eigenvalue weighted by atomic mass is 35.5. The Hall–Kier alpha value is -3.11. The van der Waals surface area contributed by atoms with Crippen LogP contribution in [0.3, 0.4) is 0 Å². The van der Waals surface area contributed by atoms with Gasteiger partial charge >= 0.3 is 0 Å². The highest BCUT2D eigenvalue weighted by molar-refractivity contribution is 6.30. The molecule has 0 atom stereocenters. The van der Waals surface area contributed by atoms with Crippen molar-refractivity contribution in [2.24, 2.45) is 5.10 Å². The van der Waals surface area contributed by atoms with Crippen LogP contribution in [0.1, 0.15) is 16.7 Å². The van der Waals surface area contributed by atoms with Gasteiger partial charge in [-0.15, -0.1) is 0 Å². The normalized spacial score (nSPS) is 11.2. The topological polar surface area (TPSA) is 61.7 Å². The van der Waals surface area contributed by atoms with E-state index >= 15 is 0 Å².